The molecule has 3 nitrogen and oxygen atoms in total. The zero-order chi connectivity index (χ0) is 14.8. The molecule has 1 aromatic heterocycles. The van der Waals surface area contributed by atoms with Gasteiger partial charge >= 0.3 is 0 Å². The summed E-state index contributed by atoms with van der Waals surface area (Å²) in [5, 5.41) is 8.62. The van der Waals surface area contributed by atoms with Gasteiger partial charge in [-0.05, 0) is 56.1 Å². The number of aryl methyl sites for hydroxylation is 1. The number of thiocarbonyl (C=S) groups is 1. The van der Waals surface area contributed by atoms with Crippen molar-refractivity contribution in [2.75, 3.05) is 5.32 Å². The van der Waals surface area contributed by atoms with Gasteiger partial charge in [-0.25, -0.2) is 4.98 Å². The number of hydrogen-bond donors (Lipinski definition) is 2. The predicted molar refractivity (Wildman–Crippen MR) is 95.1 cm³/mol. The Hall–Kier alpha value is -1.20. The highest BCUT2D eigenvalue weighted by molar-refractivity contribution is 7.80. The number of aromatic nitrogens is 1. The zero-order valence-corrected chi connectivity index (χ0v) is 14.1. The summed E-state index contributed by atoms with van der Waals surface area (Å²) in [6.07, 6.45) is 5.17. The molecule has 0 spiro atoms. The molecule has 112 valence electrons. The molecule has 2 N–H and O–H groups in total. The van der Waals surface area contributed by atoms with Gasteiger partial charge in [0.05, 0.1) is 15.2 Å². The van der Waals surface area contributed by atoms with Crippen LogP contribution in [0.4, 0.5) is 5.69 Å². The molecule has 2 aromatic rings. The standard InChI is InChI=1S/C16H21N3S2/c1-10-5-3-4-6-13(10)19-16(20)18-12-7-8-14-15(9-12)21-11(2)17-14/h7-10,13H,3-6H2,1-2H3,(H2,18,19,20)/t10-,13+/m0/s1. The minimum absolute atomic E-state index is 0.508. The number of anilines is 1. The lowest BCUT2D eigenvalue weighted by Gasteiger charge is -2.30. The van der Waals surface area contributed by atoms with Crippen molar-refractivity contribution in [2.24, 2.45) is 5.92 Å². The number of hydrogen-bond acceptors (Lipinski definition) is 3. The van der Waals surface area contributed by atoms with Crippen LogP contribution in [0.1, 0.15) is 37.6 Å². The van der Waals surface area contributed by atoms with Gasteiger partial charge in [-0.3, -0.25) is 0 Å². The molecule has 0 aliphatic heterocycles. The van der Waals surface area contributed by atoms with E-state index in [-0.39, 0.29) is 0 Å². The van der Waals surface area contributed by atoms with E-state index in [1.165, 1.54) is 30.4 Å². The molecule has 3 rings (SSSR count). The van der Waals surface area contributed by atoms with Crippen LogP contribution >= 0.6 is 23.6 Å². The number of benzene rings is 1. The Morgan fingerprint density at radius 1 is 1.33 bits per heavy atom. The minimum atomic E-state index is 0.508. The highest BCUT2D eigenvalue weighted by Crippen LogP contribution is 2.26. The van der Waals surface area contributed by atoms with Gasteiger partial charge in [0.1, 0.15) is 0 Å². The van der Waals surface area contributed by atoms with E-state index in [0.717, 1.165) is 21.3 Å². The van der Waals surface area contributed by atoms with Gasteiger partial charge < -0.3 is 10.6 Å². The van der Waals surface area contributed by atoms with E-state index in [9.17, 15) is 0 Å². The van der Waals surface area contributed by atoms with E-state index in [1.807, 2.05) is 19.1 Å². The van der Waals surface area contributed by atoms with Crippen LogP contribution in [-0.2, 0) is 0 Å². The third-order valence-corrected chi connectivity index (χ3v) is 5.33. The highest BCUT2D eigenvalue weighted by atomic mass is 32.1. The summed E-state index contributed by atoms with van der Waals surface area (Å²) in [6, 6.07) is 6.72. The molecule has 1 fully saturated rings. The van der Waals surface area contributed by atoms with Gasteiger partial charge in [0.25, 0.3) is 0 Å². The molecule has 1 saturated carbocycles. The van der Waals surface area contributed by atoms with Crippen molar-refractivity contribution in [1.82, 2.24) is 10.3 Å². The second kappa shape index (κ2) is 6.28. The summed E-state index contributed by atoms with van der Waals surface area (Å²) >= 11 is 7.18. The molecule has 0 radical (unpaired) electrons. The summed E-state index contributed by atoms with van der Waals surface area (Å²) < 4.78 is 1.20. The molecular formula is C16H21N3S2. The van der Waals surface area contributed by atoms with Crippen molar-refractivity contribution in [3.63, 3.8) is 0 Å². The fraction of sp³-hybridized carbons (Fsp3) is 0.500. The first-order valence-electron chi connectivity index (χ1n) is 7.56. The Bertz CT molecular complexity index is 650. The summed E-state index contributed by atoms with van der Waals surface area (Å²) in [5.41, 5.74) is 2.09. The molecule has 1 aromatic carbocycles. The minimum Gasteiger partial charge on any atom is -0.359 e. The molecule has 1 aliphatic carbocycles. The van der Waals surface area contributed by atoms with Crippen LogP contribution < -0.4 is 10.6 Å². The smallest absolute Gasteiger partial charge is 0.171 e. The lowest BCUT2D eigenvalue weighted by molar-refractivity contribution is 0.309. The summed E-state index contributed by atoms with van der Waals surface area (Å²) in [6.45, 7) is 4.35. The molecule has 0 saturated heterocycles. The van der Waals surface area contributed by atoms with Crippen LogP contribution in [0.15, 0.2) is 18.2 Å². The Kier molecular flexibility index (Phi) is 4.40. The number of rotatable bonds is 2. The second-order valence-corrected chi connectivity index (χ2v) is 7.53. The van der Waals surface area contributed by atoms with Crippen LogP contribution in [0.3, 0.4) is 0 Å². The Balaban J connectivity index is 1.65. The van der Waals surface area contributed by atoms with Crippen LogP contribution in [-0.4, -0.2) is 16.1 Å². The van der Waals surface area contributed by atoms with Gasteiger partial charge in [-0.2, -0.15) is 0 Å². The second-order valence-electron chi connectivity index (χ2n) is 5.88. The Labute approximate surface area is 135 Å². The number of fused-ring (bicyclic) bond motifs is 1. The first-order valence-corrected chi connectivity index (χ1v) is 8.79. The van der Waals surface area contributed by atoms with E-state index >= 15 is 0 Å². The Morgan fingerprint density at radius 2 is 2.14 bits per heavy atom. The van der Waals surface area contributed by atoms with E-state index < -0.39 is 0 Å². The topological polar surface area (TPSA) is 37.0 Å². The average molecular weight is 319 g/mol. The molecular weight excluding hydrogens is 298 g/mol. The third kappa shape index (κ3) is 3.52. The summed E-state index contributed by atoms with van der Waals surface area (Å²) in [4.78, 5) is 4.48. The van der Waals surface area contributed by atoms with Crippen molar-refractivity contribution in [3.8, 4) is 0 Å². The number of nitrogens with zero attached hydrogens (tertiary/aromatic N) is 1. The molecule has 1 heterocycles. The summed E-state index contributed by atoms with van der Waals surface area (Å²) in [7, 11) is 0. The number of nitrogens with one attached hydrogen (secondary N) is 2. The van der Waals surface area contributed by atoms with Crippen molar-refractivity contribution < 1.29 is 0 Å². The summed E-state index contributed by atoms with van der Waals surface area (Å²) in [5.74, 6) is 0.699. The van der Waals surface area contributed by atoms with Crippen LogP contribution in [0.5, 0.6) is 0 Å². The highest BCUT2D eigenvalue weighted by Gasteiger charge is 2.21. The van der Waals surface area contributed by atoms with Gasteiger partial charge in [0.2, 0.25) is 0 Å². The van der Waals surface area contributed by atoms with E-state index in [1.54, 1.807) is 11.3 Å². The molecule has 2 atom stereocenters. The largest absolute Gasteiger partial charge is 0.359 e. The quantitative estimate of drug-likeness (QED) is 0.801. The molecule has 1 aliphatic rings. The maximum Gasteiger partial charge on any atom is 0.171 e. The monoisotopic (exact) mass is 319 g/mol. The third-order valence-electron chi connectivity index (χ3n) is 4.18. The molecule has 5 heteroatoms. The van der Waals surface area contributed by atoms with Gasteiger partial charge in [0.15, 0.2) is 5.11 Å². The van der Waals surface area contributed by atoms with Crippen molar-refractivity contribution in [3.05, 3.63) is 23.2 Å². The van der Waals surface area contributed by atoms with Gasteiger partial charge in [-0.1, -0.05) is 19.8 Å². The fourth-order valence-electron chi connectivity index (χ4n) is 2.98. The molecule has 21 heavy (non-hydrogen) atoms. The molecule has 0 bridgehead atoms. The first-order chi connectivity index (χ1) is 10.1. The van der Waals surface area contributed by atoms with Crippen LogP contribution in [0, 0.1) is 12.8 Å². The zero-order valence-electron chi connectivity index (χ0n) is 12.5. The van der Waals surface area contributed by atoms with Crippen LogP contribution in [0.25, 0.3) is 10.2 Å². The predicted octanol–water partition coefficient (Wildman–Crippen LogP) is 4.47. The van der Waals surface area contributed by atoms with E-state index in [4.69, 9.17) is 12.2 Å². The SMILES string of the molecule is Cc1nc2ccc(NC(=S)N[C@@H]3CCCC[C@@H]3C)cc2s1. The van der Waals surface area contributed by atoms with Crippen molar-refractivity contribution >= 4 is 44.6 Å². The average Bonchev–Trinajstić information content (AvgIpc) is 2.80. The Morgan fingerprint density at radius 3 is 2.95 bits per heavy atom. The van der Waals surface area contributed by atoms with Crippen molar-refractivity contribution in [2.45, 2.75) is 45.6 Å². The molecule has 0 amide bonds. The van der Waals surface area contributed by atoms with E-state index in [0.29, 0.717) is 12.0 Å². The lowest BCUT2D eigenvalue weighted by Crippen LogP contribution is -2.43. The maximum atomic E-state index is 5.46. The number of thiazole rings is 1. The molecule has 0 unspecified atom stereocenters. The van der Waals surface area contributed by atoms with Gasteiger partial charge in [-0.15, -0.1) is 11.3 Å². The first kappa shape index (κ1) is 14.7. The normalized spacial score (nSPS) is 22.2. The van der Waals surface area contributed by atoms with Crippen molar-refractivity contribution in [1.29, 1.82) is 0 Å². The van der Waals surface area contributed by atoms with Crippen LogP contribution in [0.2, 0.25) is 0 Å². The maximum absolute atomic E-state index is 5.46. The fourth-order valence-corrected chi connectivity index (χ4v) is 4.12. The van der Waals surface area contributed by atoms with E-state index in [2.05, 4.69) is 28.6 Å². The van der Waals surface area contributed by atoms with Gasteiger partial charge in [0, 0.05) is 11.7 Å². The lowest BCUT2D eigenvalue weighted by atomic mass is 9.86.